The summed E-state index contributed by atoms with van der Waals surface area (Å²) in [5.74, 6) is -1.91. The van der Waals surface area contributed by atoms with Crippen LogP contribution < -0.4 is 4.90 Å². The predicted molar refractivity (Wildman–Crippen MR) is 120 cm³/mol. The largest absolute Gasteiger partial charge is 0.466 e. The second-order valence-corrected chi connectivity index (χ2v) is 8.93. The van der Waals surface area contributed by atoms with Gasteiger partial charge in [0.15, 0.2) is 0 Å². The summed E-state index contributed by atoms with van der Waals surface area (Å²) in [5, 5.41) is 0. The molecule has 0 saturated carbocycles. The fourth-order valence-corrected chi connectivity index (χ4v) is 5.38. The lowest BCUT2D eigenvalue weighted by Crippen LogP contribution is -2.60. The molecule has 2 aromatic carbocycles. The lowest BCUT2D eigenvalue weighted by atomic mass is 9.72. The molecule has 6 nitrogen and oxygen atoms in total. The molecule has 0 radical (unpaired) electrons. The fraction of sp³-hybridized carbons (Fsp3) is 0.375. The number of likely N-dealkylation sites (N-methyl/N-ethyl adjacent to an activating group) is 1. The number of anilines is 1. The van der Waals surface area contributed by atoms with Crippen LogP contribution in [-0.4, -0.2) is 54.7 Å². The number of carbonyl (C=O) groups excluding carboxylic acids is 3. The Morgan fingerprint density at radius 1 is 1.16 bits per heavy atom. The van der Waals surface area contributed by atoms with Crippen LogP contribution in [0.3, 0.4) is 0 Å². The Morgan fingerprint density at radius 3 is 2.48 bits per heavy atom. The lowest BCUT2D eigenvalue weighted by Gasteiger charge is -2.45. The number of ether oxygens (including phenoxy) is 1. The summed E-state index contributed by atoms with van der Waals surface area (Å²) in [6, 6.07) is 14.9. The Morgan fingerprint density at radius 2 is 1.84 bits per heavy atom. The molecule has 31 heavy (non-hydrogen) atoms. The first kappa shape index (κ1) is 21.4. The number of rotatable bonds is 4. The number of esters is 1. The Hall–Kier alpha value is -2.80. The number of hydrogen-bond acceptors (Lipinski definition) is 5. The van der Waals surface area contributed by atoms with Crippen LogP contribution in [-0.2, 0) is 14.3 Å². The Bertz CT molecular complexity index is 1040. The second-order valence-electron chi connectivity index (χ2n) is 8.05. The molecule has 1 fully saturated rings. The van der Waals surface area contributed by atoms with E-state index in [1.165, 1.54) is 0 Å². The molecule has 2 aromatic rings. The number of fused-ring (bicyclic) bond motifs is 3. The molecule has 0 N–H and O–H groups in total. The van der Waals surface area contributed by atoms with Crippen LogP contribution in [0.5, 0.6) is 0 Å². The van der Waals surface area contributed by atoms with Crippen molar-refractivity contribution in [3.8, 4) is 0 Å². The predicted octanol–water partition coefficient (Wildman–Crippen LogP) is 3.56. The standard InChI is InChI=1S/C24H26N2O4S/c1-5-30-22(28)18-14-26(21(27)15-10-12-16(31-4)13-11-15)24(2)20(18)17-8-6-7-9-19(17)25(3)23(24)29/h6-13,18,20H,5,14H2,1-4H3/t18-,20+,24-/m0/s1. The minimum Gasteiger partial charge on any atom is -0.466 e. The first-order valence-corrected chi connectivity index (χ1v) is 11.6. The van der Waals surface area contributed by atoms with Gasteiger partial charge in [0.1, 0.15) is 5.54 Å². The van der Waals surface area contributed by atoms with Crippen molar-refractivity contribution in [3.63, 3.8) is 0 Å². The molecular weight excluding hydrogens is 412 g/mol. The number of hydrogen-bond donors (Lipinski definition) is 0. The molecule has 2 aliphatic heterocycles. The average Bonchev–Trinajstić information content (AvgIpc) is 3.12. The van der Waals surface area contributed by atoms with Gasteiger partial charge in [0.25, 0.3) is 11.8 Å². The van der Waals surface area contributed by atoms with Crippen molar-refractivity contribution in [2.45, 2.75) is 30.2 Å². The molecular formula is C24H26N2O4S. The van der Waals surface area contributed by atoms with Crippen molar-refractivity contribution in [1.29, 1.82) is 0 Å². The smallest absolute Gasteiger partial charge is 0.311 e. The first-order valence-electron chi connectivity index (χ1n) is 10.3. The van der Waals surface area contributed by atoms with E-state index in [4.69, 9.17) is 4.74 Å². The van der Waals surface area contributed by atoms with E-state index < -0.39 is 17.4 Å². The van der Waals surface area contributed by atoms with E-state index in [0.29, 0.717) is 5.56 Å². The maximum Gasteiger partial charge on any atom is 0.311 e. The highest BCUT2D eigenvalue weighted by Gasteiger charge is 2.63. The number of carbonyl (C=O) groups is 3. The normalized spacial score (nSPS) is 24.6. The molecule has 162 valence electrons. The summed E-state index contributed by atoms with van der Waals surface area (Å²) in [6.07, 6.45) is 1.97. The van der Waals surface area contributed by atoms with Gasteiger partial charge in [-0.3, -0.25) is 14.4 Å². The van der Waals surface area contributed by atoms with Crippen LogP contribution in [0.2, 0.25) is 0 Å². The number of likely N-dealkylation sites (tertiary alicyclic amines) is 1. The molecule has 0 aliphatic carbocycles. The molecule has 2 heterocycles. The monoisotopic (exact) mass is 438 g/mol. The number of thioether (sulfide) groups is 1. The van der Waals surface area contributed by atoms with E-state index in [-0.39, 0.29) is 30.9 Å². The fourth-order valence-electron chi connectivity index (χ4n) is 4.97. The molecule has 7 heteroatoms. The summed E-state index contributed by atoms with van der Waals surface area (Å²) in [6.45, 7) is 3.92. The van der Waals surface area contributed by atoms with Gasteiger partial charge < -0.3 is 14.5 Å². The summed E-state index contributed by atoms with van der Waals surface area (Å²) in [5.41, 5.74) is 0.966. The van der Waals surface area contributed by atoms with Crippen molar-refractivity contribution in [3.05, 3.63) is 59.7 Å². The lowest BCUT2D eigenvalue weighted by molar-refractivity contribution is -0.148. The minimum absolute atomic E-state index is 0.136. The van der Waals surface area contributed by atoms with Crippen LogP contribution in [0.25, 0.3) is 0 Å². The highest BCUT2D eigenvalue weighted by atomic mass is 32.2. The third-order valence-electron chi connectivity index (χ3n) is 6.49. The third-order valence-corrected chi connectivity index (χ3v) is 7.23. The van der Waals surface area contributed by atoms with E-state index in [1.807, 2.05) is 42.7 Å². The number of para-hydroxylation sites is 1. The Kier molecular flexibility index (Phi) is 5.56. The van der Waals surface area contributed by atoms with E-state index in [0.717, 1.165) is 16.1 Å². The van der Waals surface area contributed by atoms with Gasteiger partial charge in [0.2, 0.25) is 0 Å². The number of benzene rings is 2. The molecule has 2 aliphatic rings. The summed E-state index contributed by atoms with van der Waals surface area (Å²) in [4.78, 5) is 44.4. The van der Waals surface area contributed by atoms with Gasteiger partial charge in [0, 0.05) is 35.7 Å². The topological polar surface area (TPSA) is 66.9 Å². The van der Waals surface area contributed by atoms with Crippen LogP contribution in [0.15, 0.2) is 53.4 Å². The van der Waals surface area contributed by atoms with E-state index in [9.17, 15) is 14.4 Å². The molecule has 1 saturated heterocycles. The third kappa shape index (κ3) is 3.22. The Labute approximate surface area is 186 Å². The van der Waals surface area contributed by atoms with E-state index >= 15 is 0 Å². The zero-order valence-electron chi connectivity index (χ0n) is 18.1. The molecule has 4 rings (SSSR count). The van der Waals surface area contributed by atoms with Crippen LogP contribution in [0, 0.1) is 5.92 Å². The maximum absolute atomic E-state index is 13.6. The zero-order chi connectivity index (χ0) is 22.3. The number of nitrogens with zero attached hydrogens (tertiary/aromatic N) is 2. The van der Waals surface area contributed by atoms with Gasteiger partial charge in [-0.05, 0) is 56.0 Å². The van der Waals surface area contributed by atoms with Gasteiger partial charge in [-0.1, -0.05) is 18.2 Å². The van der Waals surface area contributed by atoms with Crippen LogP contribution >= 0.6 is 11.8 Å². The van der Waals surface area contributed by atoms with Crippen molar-refractivity contribution in [1.82, 2.24) is 4.90 Å². The quantitative estimate of drug-likeness (QED) is 0.539. The van der Waals surface area contributed by atoms with E-state index in [1.54, 1.807) is 54.6 Å². The van der Waals surface area contributed by atoms with Gasteiger partial charge in [-0.2, -0.15) is 0 Å². The van der Waals surface area contributed by atoms with Crippen LogP contribution in [0.1, 0.15) is 35.7 Å². The van der Waals surface area contributed by atoms with Crippen LogP contribution in [0.4, 0.5) is 5.69 Å². The molecule has 0 spiro atoms. The van der Waals surface area contributed by atoms with Crippen molar-refractivity contribution in [2.75, 3.05) is 31.4 Å². The van der Waals surface area contributed by atoms with Gasteiger partial charge in [0.05, 0.1) is 12.5 Å². The molecule has 3 atom stereocenters. The van der Waals surface area contributed by atoms with Crippen molar-refractivity contribution < 1.29 is 19.1 Å². The van der Waals surface area contributed by atoms with Gasteiger partial charge in [-0.15, -0.1) is 11.8 Å². The number of amides is 2. The first-order chi connectivity index (χ1) is 14.8. The average molecular weight is 439 g/mol. The Balaban J connectivity index is 1.83. The molecule has 0 bridgehead atoms. The molecule has 2 amide bonds. The van der Waals surface area contributed by atoms with Gasteiger partial charge in [-0.25, -0.2) is 0 Å². The molecule has 0 aromatic heterocycles. The van der Waals surface area contributed by atoms with Crippen molar-refractivity contribution in [2.24, 2.45) is 5.92 Å². The molecule has 0 unspecified atom stereocenters. The summed E-state index contributed by atoms with van der Waals surface area (Å²) in [7, 11) is 1.72. The highest BCUT2D eigenvalue weighted by Crippen LogP contribution is 2.53. The minimum atomic E-state index is -1.18. The summed E-state index contributed by atoms with van der Waals surface area (Å²) < 4.78 is 5.36. The van der Waals surface area contributed by atoms with Gasteiger partial charge >= 0.3 is 5.97 Å². The van der Waals surface area contributed by atoms with E-state index in [2.05, 4.69) is 0 Å². The maximum atomic E-state index is 13.6. The SMILES string of the molecule is CCOC(=O)[C@H]1CN(C(=O)c2ccc(SC)cc2)[C@]2(C)C(=O)N(C)c3ccccc3[C@H]12. The second kappa shape index (κ2) is 8.04. The zero-order valence-corrected chi connectivity index (χ0v) is 18.9. The highest BCUT2D eigenvalue weighted by molar-refractivity contribution is 7.98. The van der Waals surface area contributed by atoms with Crippen molar-refractivity contribution >= 4 is 35.2 Å². The summed E-state index contributed by atoms with van der Waals surface area (Å²) >= 11 is 1.59.